The van der Waals surface area contributed by atoms with Gasteiger partial charge in [-0.2, -0.15) is 0 Å². The zero-order chi connectivity index (χ0) is 11.0. The fraction of sp³-hybridized carbons (Fsp3) is 0.286. The molecule has 1 aliphatic heterocycles. The first kappa shape index (κ1) is 9.67. The van der Waals surface area contributed by atoms with Crippen LogP contribution in [-0.4, -0.2) is 6.54 Å². The third kappa shape index (κ3) is 1.46. The number of hydrogen-bond acceptors (Lipinski definition) is 2. The van der Waals surface area contributed by atoms with Crippen molar-refractivity contribution in [2.75, 3.05) is 6.54 Å². The van der Waals surface area contributed by atoms with Gasteiger partial charge in [0, 0.05) is 18.0 Å². The highest BCUT2D eigenvalue weighted by Gasteiger charge is 2.27. The van der Waals surface area contributed by atoms with Crippen LogP contribution in [0.3, 0.4) is 0 Å². The van der Waals surface area contributed by atoms with E-state index in [-0.39, 0.29) is 6.04 Å². The van der Waals surface area contributed by atoms with Gasteiger partial charge in [-0.05, 0) is 11.6 Å². The topological polar surface area (TPSA) is 25.2 Å². The molecule has 0 amide bonds. The number of nitrogens with one attached hydrogen (secondary N) is 1. The number of furan rings is 1. The quantitative estimate of drug-likeness (QED) is 0.787. The Morgan fingerprint density at radius 1 is 1.19 bits per heavy atom. The molecule has 0 saturated heterocycles. The highest BCUT2D eigenvalue weighted by Crippen LogP contribution is 2.34. The SMILES string of the molecule is CC1CNC(c2ccccc2)c2ccoc21. The molecule has 16 heavy (non-hydrogen) atoms. The van der Waals surface area contributed by atoms with Gasteiger partial charge >= 0.3 is 0 Å². The molecule has 0 saturated carbocycles. The molecule has 1 aromatic carbocycles. The van der Waals surface area contributed by atoms with Gasteiger partial charge in [0.1, 0.15) is 5.76 Å². The van der Waals surface area contributed by atoms with Crippen molar-refractivity contribution >= 4 is 0 Å². The molecule has 2 unspecified atom stereocenters. The van der Waals surface area contributed by atoms with Gasteiger partial charge in [-0.15, -0.1) is 0 Å². The molecule has 1 aromatic heterocycles. The summed E-state index contributed by atoms with van der Waals surface area (Å²) in [5.41, 5.74) is 2.59. The molecule has 82 valence electrons. The largest absolute Gasteiger partial charge is 0.469 e. The van der Waals surface area contributed by atoms with Crippen LogP contribution in [0.5, 0.6) is 0 Å². The van der Waals surface area contributed by atoms with E-state index in [1.807, 2.05) is 6.07 Å². The van der Waals surface area contributed by atoms with Gasteiger partial charge in [0.05, 0.1) is 12.3 Å². The van der Waals surface area contributed by atoms with Crippen molar-refractivity contribution in [2.24, 2.45) is 0 Å². The summed E-state index contributed by atoms with van der Waals surface area (Å²) in [6.45, 7) is 3.16. The summed E-state index contributed by atoms with van der Waals surface area (Å²) < 4.78 is 5.58. The van der Waals surface area contributed by atoms with E-state index in [1.54, 1.807) is 6.26 Å². The van der Waals surface area contributed by atoms with Gasteiger partial charge in [-0.3, -0.25) is 0 Å². The molecule has 2 heteroatoms. The van der Waals surface area contributed by atoms with E-state index in [2.05, 4.69) is 42.6 Å². The first-order valence-corrected chi connectivity index (χ1v) is 5.72. The lowest BCUT2D eigenvalue weighted by Gasteiger charge is -2.27. The van der Waals surface area contributed by atoms with Crippen molar-refractivity contribution in [2.45, 2.75) is 18.9 Å². The van der Waals surface area contributed by atoms with E-state index in [0.29, 0.717) is 5.92 Å². The Morgan fingerprint density at radius 3 is 2.81 bits per heavy atom. The zero-order valence-corrected chi connectivity index (χ0v) is 9.31. The number of fused-ring (bicyclic) bond motifs is 1. The van der Waals surface area contributed by atoms with Crippen LogP contribution in [0.1, 0.15) is 35.8 Å². The summed E-state index contributed by atoms with van der Waals surface area (Å²) >= 11 is 0. The minimum absolute atomic E-state index is 0.283. The Labute approximate surface area is 95.3 Å². The molecule has 2 heterocycles. The standard InChI is InChI=1S/C14H15NO/c1-10-9-15-13(11-5-3-2-4-6-11)12-7-8-16-14(10)12/h2-8,10,13,15H,9H2,1H3. The molecular formula is C14H15NO. The Kier molecular flexibility index (Phi) is 2.29. The van der Waals surface area contributed by atoms with Gasteiger partial charge in [0.15, 0.2) is 0 Å². The molecule has 0 bridgehead atoms. The van der Waals surface area contributed by atoms with Crippen LogP contribution in [0.2, 0.25) is 0 Å². The van der Waals surface area contributed by atoms with Crippen LogP contribution in [0, 0.1) is 0 Å². The molecule has 0 radical (unpaired) electrons. The Balaban J connectivity index is 2.04. The maximum absolute atomic E-state index is 5.58. The van der Waals surface area contributed by atoms with Crippen LogP contribution in [-0.2, 0) is 0 Å². The normalized spacial score (nSPS) is 24.1. The Morgan fingerprint density at radius 2 is 2.00 bits per heavy atom. The lowest BCUT2D eigenvalue weighted by molar-refractivity contribution is 0.413. The van der Waals surface area contributed by atoms with E-state index in [4.69, 9.17) is 4.42 Å². The summed E-state index contributed by atoms with van der Waals surface area (Å²) in [6.07, 6.45) is 1.80. The zero-order valence-electron chi connectivity index (χ0n) is 9.31. The highest BCUT2D eigenvalue weighted by molar-refractivity contribution is 5.36. The molecule has 0 aliphatic carbocycles. The van der Waals surface area contributed by atoms with E-state index < -0.39 is 0 Å². The summed E-state index contributed by atoms with van der Waals surface area (Å²) in [5, 5.41) is 3.57. The van der Waals surface area contributed by atoms with Crippen LogP contribution in [0.25, 0.3) is 0 Å². The van der Waals surface area contributed by atoms with Crippen molar-refractivity contribution in [1.29, 1.82) is 0 Å². The molecular weight excluding hydrogens is 198 g/mol. The van der Waals surface area contributed by atoms with Gasteiger partial charge in [-0.1, -0.05) is 37.3 Å². The van der Waals surface area contributed by atoms with Crippen molar-refractivity contribution in [1.82, 2.24) is 5.32 Å². The molecule has 1 N–H and O–H groups in total. The van der Waals surface area contributed by atoms with E-state index >= 15 is 0 Å². The van der Waals surface area contributed by atoms with E-state index in [9.17, 15) is 0 Å². The first-order chi connectivity index (χ1) is 7.86. The third-order valence-electron chi connectivity index (χ3n) is 3.25. The maximum Gasteiger partial charge on any atom is 0.112 e. The summed E-state index contributed by atoms with van der Waals surface area (Å²) in [6, 6.07) is 12.9. The summed E-state index contributed by atoms with van der Waals surface area (Å²) in [5.74, 6) is 1.59. The van der Waals surface area contributed by atoms with Crippen molar-refractivity contribution in [3.63, 3.8) is 0 Å². The average molecular weight is 213 g/mol. The van der Waals surface area contributed by atoms with Crippen molar-refractivity contribution in [3.05, 3.63) is 59.5 Å². The second-order valence-electron chi connectivity index (χ2n) is 4.39. The van der Waals surface area contributed by atoms with Crippen LogP contribution in [0.15, 0.2) is 47.1 Å². The average Bonchev–Trinajstić information content (AvgIpc) is 2.81. The second-order valence-corrected chi connectivity index (χ2v) is 4.39. The van der Waals surface area contributed by atoms with Crippen LogP contribution < -0.4 is 5.32 Å². The summed E-state index contributed by atoms with van der Waals surface area (Å²) in [4.78, 5) is 0. The number of hydrogen-bond donors (Lipinski definition) is 1. The second kappa shape index (κ2) is 3.80. The van der Waals surface area contributed by atoms with Gasteiger partial charge in [0.2, 0.25) is 0 Å². The molecule has 3 rings (SSSR count). The lowest BCUT2D eigenvalue weighted by atomic mass is 9.91. The van der Waals surface area contributed by atoms with Crippen molar-refractivity contribution in [3.8, 4) is 0 Å². The van der Waals surface area contributed by atoms with Crippen LogP contribution >= 0.6 is 0 Å². The Hall–Kier alpha value is -1.54. The minimum atomic E-state index is 0.283. The first-order valence-electron chi connectivity index (χ1n) is 5.72. The highest BCUT2D eigenvalue weighted by atomic mass is 16.3. The fourth-order valence-electron chi connectivity index (χ4n) is 2.41. The smallest absolute Gasteiger partial charge is 0.112 e. The summed E-state index contributed by atoms with van der Waals surface area (Å²) in [7, 11) is 0. The van der Waals surface area contributed by atoms with E-state index in [0.717, 1.165) is 12.3 Å². The van der Waals surface area contributed by atoms with Crippen LogP contribution in [0.4, 0.5) is 0 Å². The third-order valence-corrected chi connectivity index (χ3v) is 3.25. The van der Waals surface area contributed by atoms with Crippen molar-refractivity contribution < 1.29 is 4.42 Å². The molecule has 0 spiro atoms. The van der Waals surface area contributed by atoms with Gasteiger partial charge < -0.3 is 9.73 Å². The number of benzene rings is 1. The monoisotopic (exact) mass is 213 g/mol. The number of rotatable bonds is 1. The Bertz CT molecular complexity index is 474. The maximum atomic E-state index is 5.58. The van der Waals surface area contributed by atoms with Gasteiger partial charge in [-0.25, -0.2) is 0 Å². The lowest BCUT2D eigenvalue weighted by Crippen LogP contribution is -2.31. The molecule has 2 aromatic rings. The van der Waals surface area contributed by atoms with Gasteiger partial charge in [0.25, 0.3) is 0 Å². The fourth-order valence-corrected chi connectivity index (χ4v) is 2.41. The predicted octanol–water partition coefficient (Wildman–Crippen LogP) is 3.08. The minimum Gasteiger partial charge on any atom is -0.469 e. The molecule has 0 fully saturated rings. The molecule has 2 atom stereocenters. The molecule has 1 aliphatic rings. The predicted molar refractivity (Wildman–Crippen MR) is 63.4 cm³/mol. The van der Waals surface area contributed by atoms with E-state index in [1.165, 1.54) is 11.1 Å². The molecule has 2 nitrogen and oxygen atoms in total.